The number of halogens is 2. The number of nitrogens with one attached hydrogen (secondary N) is 1. The summed E-state index contributed by atoms with van der Waals surface area (Å²) in [5.41, 5.74) is 4.82. The Balaban J connectivity index is 2.46. The first-order chi connectivity index (χ1) is 8.13. The van der Waals surface area contributed by atoms with E-state index in [1.54, 1.807) is 17.4 Å². The topological polar surface area (TPSA) is 38.0 Å². The molecule has 1 atom stereocenters. The van der Waals surface area contributed by atoms with Gasteiger partial charge in [0.1, 0.15) is 5.82 Å². The van der Waals surface area contributed by atoms with Crippen molar-refractivity contribution in [1.82, 2.24) is 5.43 Å². The summed E-state index contributed by atoms with van der Waals surface area (Å²) in [6.45, 7) is 2.04. The maximum atomic E-state index is 13.1. The highest BCUT2D eigenvalue weighted by Gasteiger charge is 2.18. The molecule has 1 unspecified atom stereocenters. The third kappa shape index (κ3) is 2.57. The quantitative estimate of drug-likeness (QED) is 0.672. The third-order valence-corrected chi connectivity index (χ3v) is 4.20. The first-order valence-corrected chi connectivity index (χ1v) is 6.76. The Morgan fingerprint density at radius 1 is 1.35 bits per heavy atom. The molecular weight excluding hydrogens is 303 g/mol. The lowest BCUT2D eigenvalue weighted by Crippen LogP contribution is -2.29. The SMILES string of the molecule is Cc1sccc1C(NN)c1ccc(F)cc1Br. The Hall–Kier alpha value is -0.750. The van der Waals surface area contributed by atoms with E-state index in [0.29, 0.717) is 4.47 Å². The molecular formula is C12H12BrFN2S. The lowest BCUT2D eigenvalue weighted by molar-refractivity contribution is 0.612. The summed E-state index contributed by atoms with van der Waals surface area (Å²) in [6.07, 6.45) is 0. The summed E-state index contributed by atoms with van der Waals surface area (Å²) in [7, 11) is 0. The molecule has 1 heterocycles. The Morgan fingerprint density at radius 2 is 2.12 bits per heavy atom. The summed E-state index contributed by atoms with van der Waals surface area (Å²) in [5, 5.41) is 2.02. The summed E-state index contributed by atoms with van der Waals surface area (Å²) in [6, 6.07) is 6.52. The van der Waals surface area contributed by atoms with Crippen LogP contribution in [-0.2, 0) is 0 Å². The molecule has 3 N–H and O–H groups in total. The molecule has 5 heteroatoms. The van der Waals surface area contributed by atoms with Crippen LogP contribution < -0.4 is 11.3 Å². The van der Waals surface area contributed by atoms with Gasteiger partial charge in [-0.1, -0.05) is 22.0 Å². The number of hydrogen-bond donors (Lipinski definition) is 2. The second kappa shape index (κ2) is 5.27. The second-order valence-corrected chi connectivity index (χ2v) is 5.67. The van der Waals surface area contributed by atoms with Crippen molar-refractivity contribution in [2.75, 3.05) is 0 Å². The van der Waals surface area contributed by atoms with E-state index in [9.17, 15) is 4.39 Å². The van der Waals surface area contributed by atoms with Gasteiger partial charge in [-0.3, -0.25) is 5.84 Å². The molecule has 0 saturated heterocycles. The molecule has 0 radical (unpaired) electrons. The van der Waals surface area contributed by atoms with Gasteiger partial charge in [0, 0.05) is 9.35 Å². The minimum atomic E-state index is -0.265. The smallest absolute Gasteiger partial charge is 0.124 e. The van der Waals surface area contributed by atoms with Crippen LogP contribution in [0.4, 0.5) is 4.39 Å². The number of nitrogens with two attached hydrogens (primary N) is 1. The first kappa shape index (κ1) is 12.7. The van der Waals surface area contributed by atoms with Crippen molar-refractivity contribution < 1.29 is 4.39 Å². The van der Waals surface area contributed by atoms with E-state index in [-0.39, 0.29) is 11.9 Å². The fourth-order valence-corrected chi connectivity index (χ4v) is 3.10. The monoisotopic (exact) mass is 314 g/mol. The highest BCUT2D eigenvalue weighted by atomic mass is 79.9. The Morgan fingerprint density at radius 3 is 2.65 bits per heavy atom. The average Bonchev–Trinajstić information content (AvgIpc) is 2.69. The molecule has 0 amide bonds. The number of hydrogen-bond acceptors (Lipinski definition) is 3. The molecule has 0 bridgehead atoms. The molecule has 2 rings (SSSR count). The van der Waals surface area contributed by atoms with Crippen LogP contribution in [0.1, 0.15) is 22.0 Å². The number of benzene rings is 1. The van der Waals surface area contributed by atoms with E-state index in [1.165, 1.54) is 17.0 Å². The molecule has 17 heavy (non-hydrogen) atoms. The van der Waals surface area contributed by atoms with Crippen molar-refractivity contribution >= 4 is 27.3 Å². The van der Waals surface area contributed by atoms with Crippen LogP contribution in [0, 0.1) is 12.7 Å². The van der Waals surface area contributed by atoms with Crippen molar-refractivity contribution in [2.24, 2.45) is 5.84 Å². The fourth-order valence-electron chi connectivity index (χ4n) is 1.78. The van der Waals surface area contributed by atoms with Gasteiger partial charge in [-0.2, -0.15) is 0 Å². The highest BCUT2D eigenvalue weighted by Crippen LogP contribution is 2.32. The number of thiophene rings is 1. The van der Waals surface area contributed by atoms with Gasteiger partial charge in [-0.05, 0) is 41.6 Å². The zero-order chi connectivity index (χ0) is 12.4. The molecule has 0 spiro atoms. The molecule has 0 fully saturated rings. The molecule has 0 aliphatic rings. The first-order valence-electron chi connectivity index (χ1n) is 5.08. The van der Waals surface area contributed by atoms with Gasteiger partial charge in [0.15, 0.2) is 0 Å². The van der Waals surface area contributed by atoms with Crippen molar-refractivity contribution in [3.8, 4) is 0 Å². The van der Waals surface area contributed by atoms with Gasteiger partial charge in [0.25, 0.3) is 0 Å². The van der Waals surface area contributed by atoms with Crippen LogP contribution >= 0.6 is 27.3 Å². The van der Waals surface area contributed by atoms with Gasteiger partial charge in [0.2, 0.25) is 0 Å². The minimum Gasteiger partial charge on any atom is -0.271 e. The summed E-state index contributed by atoms with van der Waals surface area (Å²) in [4.78, 5) is 1.20. The van der Waals surface area contributed by atoms with Crippen molar-refractivity contribution in [3.05, 3.63) is 55.9 Å². The Labute approximate surface area is 112 Å². The molecule has 0 aliphatic carbocycles. The van der Waals surface area contributed by atoms with E-state index in [1.807, 2.05) is 18.4 Å². The fraction of sp³-hybridized carbons (Fsp3) is 0.167. The molecule has 0 aliphatic heterocycles. The molecule has 2 nitrogen and oxygen atoms in total. The highest BCUT2D eigenvalue weighted by molar-refractivity contribution is 9.10. The summed E-state index contributed by atoms with van der Waals surface area (Å²) < 4.78 is 13.8. The minimum absolute atomic E-state index is 0.128. The number of rotatable bonds is 3. The van der Waals surface area contributed by atoms with Crippen LogP contribution in [0.3, 0.4) is 0 Å². The maximum absolute atomic E-state index is 13.1. The zero-order valence-corrected chi connectivity index (χ0v) is 11.6. The number of aryl methyl sites for hydroxylation is 1. The van der Waals surface area contributed by atoms with Crippen LogP contribution in [0.15, 0.2) is 34.1 Å². The number of hydrazine groups is 1. The van der Waals surface area contributed by atoms with Crippen LogP contribution in [0.2, 0.25) is 0 Å². The second-order valence-electron chi connectivity index (χ2n) is 3.70. The third-order valence-electron chi connectivity index (χ3n) is 2.65. The van der Waals surface area contributed by atoms with Crippen molar-refractivity contribution in [3.63, 3.8) is 0 Å². The van der Waals surface area contributed by atoms with E-state index >= 15 is 0 Å². The lowest BCUT2D eigenvalue weighted by Gasteiger charge is -2.18. The largest absolute Gasteiger partial charge is 0.271 e. The van der Waals surface area contributed by atoms with E-state index in [4.69, 9.17) is 5.84 Å². The average molecular weight is 315 g/mol. The molecule has 90 valence electrons. The predicted octanol–water partition coefficient (Wildman–Crippen LogP) is 3.51. The van der Waals surface area contributed by atoms with Gasteiger partial charge in [-0.15, -0.1) is 11.3 Å². The van der Waals surface area contributed by atoms with Gasteiger partial charge in [-0.25, -0.2) is 9.82 Å². The van der Waals surface area contributed by atoms with Crippen molar-refractivity contribution in [2.45, 2.75) is 13.0 Å². The van der Waals surface area contributed by atoms with Crippen molar-refractivity contribution in [1.29, 1.82) is 0 Å². The Kier molecular flexibility index (Phi) is 3.93. The zero-order valence-electron chi connectivity index (χ0n) is 9.21. The van der Waals surface area contributed by atoms with Gasteiger partial charge >= 0.3 is 0 Å². The van der Waals surface area contributed by atoms with Crippen LogP contribution in [0.5, 0.6) is 0 Å². The van der Waals surface area contributed by atoms with Crippen LogP contribution in [0.25, 0.3) is 0 Å². The maximum Gasteiger partial charge on any atom is 0.124 e. The van der Waals surface area contributed by atoms with E-state index in [0.717, 1.165) is 11.1 Å². The summed E-state index contributed by atoms with van der Waals surface area (Å²) in [5.74, 6) is 5.35. The molecule has 1 aromatic carbocycles. The normalized spacial score (nSPS) is 12.7. The van der Waals surface area contributed by atoms with Gasteiger partial charge in [0.05, 0.1) is 6.04 Å². The van der Waals surface area contributed by atoms with E-state index in [2.05, 4.69) is 21.4 Å². The molecule has 2 aromatic rings. The van der Waals surface area contributed by atoms with Gasteiger partial charge < -0.3 is 0 Å². The predicted molar refractivity (Wildman–Crippen MR) is 72.3 cm³/mol. The summed E-state index contributed by atoms with van der Waals surface area (Å²) >= 11 is 5.03. The standard InChI is InChI=1S/C12H12BrFN2S/c1-7-9(4-5-17-7)12(16-15)10-3-2-8(14)6-11(10)13/h2-6,12,16H,15H2,1H3. The van der Waals surface area contributed by atoms with Crippen LogP contribution in [-0.4, -0.2) is 0 Å². The lowest BCUT2D eigenvalue weighted by atomic mass is 10.0. The van der Waals surface area contributed by atoms with E-state index < -0.39 is 0 Å². The Bertz CT molecular complexity index is 527. The molecule has 1 aromatic heterocycles. The molecule has 0 saturated carbocycles.